The third-order valence-electron chi connectivity index (χ3n) is 2.67. The van der Waals surface area contributed by atoms with Crippen LogP contribution in [0.4, 0.5) is 0 Å². The fourth-order valence-corrected chi connectivity index (χ4v) is 1.69. The fraction of sp³-hybridized carbons (Fsp3) is 0.429. The highest BCUT2D eigenvalue weighted by Gasteiger charge is 2.16. The van der Waals surface area contributed by atoms with E-state index in [0.29, 0.717) is 0 Å². The predicted octanol–water partition coefficient (Wildman–Crippen LogP) is 2.00. The second-order valence-electron chi connectivity index (χ2n) is 4.30. The second-order valence-corrected chi connectivity index (χ2v) is 4.30. The summed E-state index contributed by atoms with van der Waals surface area (Å²) in [5.41, 5.74) is 0.892. The van der Waals surface area contributed by atoms with Gasteiger partial charge in [-0.25, -0.2) is 0 Å². The molecule has 0 saturated carbocycles. The molecule has 0 aliphatic rings. The Morgan fingerprint density at radius 1 is 1.50 bits per heavy atom. The van der Waals surface area contributed by atoms with E-state index in [9.17, 15) is 4.79 Å². The van der Waals surface area contributed by atoms with Crippen molar-refractivity contribution in [2.75, 3.05) is 13.7 Å². The summed E-state index contributed by atoms with van der Waals surface area (Å²) >= 11 is 0. The molecule has 1 amide bonds. The second kappa shape index (κ2) is 6.65. The Kier molecular flexibility index (Phi) is 5.19. The number of rotatable bonds is 5. The maximum atomic E-state index is 12.1. The molecular formula is C14H18N2O2. The molecule has 18 heavy (non-hydrogen) atoms. The molecule has 0 aliphatic carbocycles. The van der Waals surface area contributed by atoms with Crippen molar-refractivity contribution in [1.82, 2.24) is 4.90 Å². The topological polar surface area (TPSA) is 53.3 Å². The standard InChI is InChI=1S/C14H18N2O2/c1-11(2)16(8-7-15)14(17)10-12-5-4-6-13(9-12)18-3/h4-6,9,11H,8,10H2,1-3H3. The van der Waals surface area contributed by atoms with Crippen molar-refractivity contribution in [3.05, 3.63) is 29.8 Å². The van der Waals surface area contributed by atoms with Gasteiger partial charge in [0, 0.05) is 6.04 Å². The van der Waals surface area contributed by atoms with Crippen molar-refractivity contribution in [3.8, 4) is 11.8 Å². The Bertz CT molecular complexity index is 449. The van der Waals surface area contributed by atoms with Crippen molar-refractivity contribution in [3.63, 3.8) is 0 Å². The zero-order valence-electron chi connectivity index (χ0n) is 11.0. The molecule has 0 radical (unpaired) electrons. The van der Waals surface area contributed by atoms with Crippen molar-refractivity contribution in [2.24, 2.45) is 0 Å². The van der Waals surface area contributed by atoms with Gasteiger partial charge in [-0.05, 0) is 31.5 Å². The number of methoxy groups -OCH3 is 1. The molecular weight excluding hydrogens is 228 g/mol. The summed E-state index contributed by atoms with van der Waals surface area (Å²) in [7, 11) is 1.59. The highest BCUT2D eigenvalue weighted by atomic mass is 16.5. The van der Waals surface area contributed by atoms with E-state index in [2.05, 4.69) is 0 Å². The lowest BCUT2D eigenvalue weighted by atomic mass is 10.1. The smallest absolute Gasteiger partial charge is 0.228 e. The van der Waals surface area contributed by atoms with Gasteiger partial charge in [-0.15, -0.1) is 0 Å². The molecule has 96 valence electrons. The number of ether oxygens (including phenoxy) is 1. The summed E-state index contributed by atoms with van der Waals surface area (Å²) < 4.78 is 5.11. The summed E-state index contributed by atoms with van der Waals surface area (Å²) in [5.74, 6) is 0.691. The average Bonchev–Trinajstić information content (AvgIpc) is 2.35. The number of hydrogen-bond donors (Lipinski definition) is 0. The monoisotopic (exact) mass is 246 g/mol. The quantitative estimate of drug-likeness (QED) is 0.747. The van der Waals surface area contributed by atoms with Crippen LogP contribution in [0.25, 0.3) is 0 Å². The van der Waals surface area contributed by atoms with E-state index in [1.807, 2.05) is 44.2 Å². The van der Waals surface area contributed by atoms with E-state index in [0.717, 1.165) is 11.3 Å². The van der Waals surface area contributed by atoms with Crippen LogP contribution in [-0.2, 0) is 11.2 Å². The van der Waals surface area contributed by atoms with Crippen molar-refractivity contribution >= 4 is 5.91 Å². The molecule has 1 rings (SSSR count). The van der Waals surface area contributed by atoms with Gasteiger partial charge in [0.2, 0.25) is 5.91 Å². The Balaban J connectivity index is 2.76. The SMILES string of the molecule is COc1cccc(CC(=O)N(CC#N)C(C)C)c1. The first kappa shape index (κ1) is 14.0. The Hall–Kier alpha value is -2.02. The van der Waals surface area contributed by atoms with Crippen LogP contribution in [0.5, 0.6) is 5.75 Å². The summed E-state index contributed by atoms with van der Waals surface area (Å²) in [6.45, 7) is 3.93. The molecule has 0 bridgehead atoms. The number of carbonyl (C=O) groups is 1. The molecule has 0 saturated heterocycles. The Labute approximate surface area is 108 Å². The molecule has 0 aliphatic heterocycles. The lowest BCUT2D eigenvalue weighted by Gasteiger charge is -2.23. The largest absolute Gasteiger partial charge is 0.497 e. The van der Waals surface area contributed by atoms with Gasteiger partial charge in [0.05, 0.1) is 19.6 Å². The van der Waals surface area contributed by atoms with Crippen LogP contribution in [0.15, 0.2) is 24.3 Å². The molecule has 0 aromatic heterocycles. The predicted molar refractivity (Wildman–Crippen MR) is 69.2 cm³/mol. The normalized spacial score (nSPS) is 9.94. The molecule has 0 atom stereocenters. The zero-order chi connectivity index (χ0) is 13.5. The highest BCUT2D eigenvalue weighted by molar-refractivity contribution is 5.79. The van der Waals surface area contributed by atoms with Crippen LogP contribution >= 0.6 is 0 Å². The van der Waals surface area contributed by atoms with Crippen molar-refractivity contribution < 1.29 is 9.53 Å². The van der Waals surface area contributed by atoms with E-state index in [1.165, 1.54) is 0 Å². The molecule has 0 N–H and O–H groups in total. The molecule has 0 unspecified atom stereocenters. The van der Waals surface area contributed by atoms with Gasteiger partial charge in [-0.2, -0.15) is 5.26 Å². The van der Waals surface area contributed by atoms with Crippen LogP contribution < -0.4 is 4.74 Å². The van der Waals surface area contributed by atoms with Crippen LogP contribution in [0.2, 0.25) is 0 Å². The van der Waals surface area contributed by atoms with Gasteiger partial charge in [0.1, 0.15) is 12.3 Å². The summed E-state index contributed by atoms with van der Waals surface area (Å²) in [5, 5.41) is 8.72. The van der Waals surface area contributed by atoms with E-state index in [4.69, 9.17) is 10.00 Å². The number of carbonyl (C=O) groups excluding carboxylic acids is 1. The lowest BCUT2D eigenvalue weighted by Crippen LogP contribution is -2.38. The van der Waals surface area contributed by atoms with Gasteiger partial charge in [0.15, 0.2) is 0 Å². The third-order valence-corrected chi connectivity index (χ3v) is 2.67. The van der Waals surface area contributed by atoms with Crippen LogP contribution in [-0.4, -0.2) is 30.5 Å². The van der Waals surface area contributed by atoms with E-state index < -0.39 is 0 Å². The van der Waals surface area contributed by atoms with E-state index in [1.54, 1.807) is 12.0 Å². The maximum absolute atomic E-state index is 12.1. The van der Waals surface area contributed by atoms with E-state index >= 15 is 0 Å². The molecule has 4 nitrogen and oxygen atoms in total. The molecule has 0 heterocycles. The molecule has 1 aromatic rings. The van der Waals surface area contributed by atoms with Gasteiger partial charge in [0.25, 0.3) is 0 Å². The average molecular weight is 246 g/mol. The number of hydrogen-bond acceptors (Lipinski definition) is 3. The van der Waals surface area contributed by atoms with Crippen LogP contribution in [0, 0.1) is 11.3 Å². The lowest BCUT2D eigenvalue weighted by molar-refractivity contribution is -0.131. The number of benzene rings is 1. The first-order chi connectivity index (χ1) is 8.58. The summed E-state index contributed by atoms with van der Waals surface area (Å²) in [6, 6.07) is 9.45. The molecule has 1 aromatic carbocycles. The Morgan fingerprint density at radius 3 is 2.78 bits per heavy atom. The number of nitrogens with zero attached hydrogens (tertiary/aromatic N) is 2. The minimum absolute atomic E-state index is 0.0303. The van der Waals surface area contributed by atoms with E-state index in [-0.39, 0.29) is 24.9 Å². The first-order valence-corrected chi connectivity index (χ1v) is 5.87. The Morgan fingerprint density at radius 2 is 2.22 bits per heavy atom. The molecule has 0 spiro atoms. The van der Waals surface area contributed by atoms with Gasteiger partial charge < -0.3 is 9.64 Å². The third kappa shape index (κ3) is 3.77. The van der Waals surface area contributed by atoms with Crippen LogP contribution in [0.1, 0.15) is 19.4 Å². The molecule has 0 fully saturated rings. The fourth-order valence-electron chi connectivity index (χ4n) is 1.69. The maximum Gasteiger partial charge on any atom is 0.228 e. The van der Waals surface area contributed by atoms with Gasteiger partial charge >= 0.3 is 0 Å². The zero-order valence-corrected chi connectivity index (χ0v) is 11.0. The number of nitriles is 1. The summed E-state index contributed by atoms with van der Waals surface area (Å²) in [6.07, 6.45) is 0.289. The van der Waals surface area contributed by atoms with Crippen molar-refractivity contribution in [1.29, 1.82) is 5.26 Å². The summed E-state index contributed by atoms with van der Waals surface area (Å²) in [4.78, 5) is 13.6. The van der Waals surface area contributed by atoms with Gasteiger partial charge in [-0.1, -0.05) is 12.1 Å². The highest BCUT2D eigenvalue weighted by Crippen LogP contribution is 2.14. The first-order valence-electron chi connectivity index (χ1n) is 5.87. The van der Waals surface area contributed by atoms with Crippen LogP contribution in [0.3, 0.4) is 0 Å². The number of amides is 1. The minimum Gasteiger partial charge on any atom is -0.497 e. The van der Waals surface area contributed by atoms with Crippen molar-refractivity contribution in [2.45, 2.75) is 26.3 Å². The van der Waals surface area contributed by atoms with Gasteiger partial charge in [-0.3, -0.25) is 4.79 Å². The molecule has 4 heteroatoms. The minimum atomic E-state index is -0.0418.